The van der Waals surface area contributed by atoms with Gasteiger partial charge in [0.15, 0.2) is 0 Å². The summed E-state index contributed by atoms with van der Waals surface area (Å²) in [4.78, 5) is 22.2. The maximum Gasteiger partial charge on any atom is 0.374 e. The number of rotatable bonds is 9. The second-order valence-electron chi connectivity index (χ2n) is 3.89. The minimum atomic E-state index is -0.717. The van der Waals surface area contributed by atoms with Gasteiger partial charge in [0.1, 0.15) is 0 Å². The molecule has 0 aliphatic carbocycles. The Morgan fingerprint density at radius 3 is 2.56 bits per heavy atom. The Morgan fingerprint density at radius 2 is 2.00 bits per heavy atom. The van der Waals surface area contributed by atoms with Crippen molar-refractivity contribution < 1.29 is 14.3 Å². The normalized spacial score (nSPS) is 12.2. The van der Waals surface area contributed by atoms with E-state index in [1.165, 1.54) is 12.8 Å². The van der Waals surface area contributed by atoms with Gasteiger partial charge in [0.25, 0.3) is 0 Å². The lowest BCUT2D eigenvalue weighted by atomic mass is 10.1. The zero-order chi connectivity index (χ0) is 12.4. The molecule has 0 aromatic heterocycles. The number of carbonyl (C=O) groups excluding carboxylic acids is 2. The molecule has 0 fully saturated rings. The standard InChI is InChI=1S/C12H23NO3/c1-4-6-7-10(3)13-9-8-11(14)12(15)16-5-2/h10,13H,4-9H2,1-3H3. The van der Waals surface area contributed by atoms with E-state index >= 15 is 0 Å². The highest BCUT2D eigenvalue weighted by molar-refractivity contribution is 6.33. The van der Waals surface area contributed by atoms with Crippen molar-refractivity contribution in [2.24, 2.45) is 0 Å². The summed E-state index contributed by atoms with van der Waals surface area (Å²) in [6, 6.07) is 0.398. The minimum absolute atomic E-state index is 0.218. The summed E-state index contributed by atoms with van der Waals surface area (Å²) in [5.74, 6) is -1.16. The molecule has 0 heterocycles. The molecule has 16 heavy (non-hydrogen) atoms. The van der Waals surface area contributed by atoms with E-state index in [2.05, 4.69) is 23.9 Å². The molecule has 4 nitrogen and oxygen atoms in total. The van der Waals surface area contributed by atoms with Crippen LogP contribution in [-0.4, -0.2) is 30.9 Å². The number of esters is 1. The molecule has 0 saturated carbocycles. The third-order valence-corrected chi connectivity index (χ3v) is 2.34. The SMILES string of the molecule is CCCCC(C)NCCC(=O)C(=O)OCC. The van der Waals surface area contributed by atoms with Crippen molar-refractivity contribution in [3.8, 4) is 0 Å². The number of ether oxygens (including phenoxy) is 1. The van der Waals surface area contributed by atoms with E-state index in [0.717, 1.165) is 6.42 Å². The Hall–Kier alpha value is -0.900. The zero-order valence-electron chi connectivity index (χ0n) is 10.5. The predicted molar refractivity (Wildman–Crippen MR) is 63.2 cm³/mol. The van der Waals surface area contributed by atoms with Crippen LogP contribution in [0.15, 0.2) is 0 Å². The van der Waals surface area contributed by atoms with Crippen molar-refractivity contribution in [3.05, 3.63) is 0 Å². The quantitative estimate of drug-likeness (QED) is 0.483. The Kier molecular flexibility index (Phi) is 8.81. The monoisotopic (exact) mass is 229 g/mol. The first-order chi connectivity index (χ1) is 7.61. The van der Waals surface area contributed by atoms with Crippen molar-refractivity contribution in [2.45, 2.75) is 52.5 Å². The third-order valence-electron chi connectivity index (χ3n) is 2.34. The third kappa shape index (κ3) is 7.40. The summed E-state index contributed by atoms with van der Waals surface area (Å²) in [7, 11) is 0. The molecule has 0 spiro atoms. The minimum Gasteiger partial charge on any atom is -0.460 e. The van der Waals surface area contributed by atoms with Gasteiger partial charge in [-0.1, -0.05) is 19.8 Å². The van der Waals surface area contributed by atoms with E-state index in [1.54, 1.807) is 6.92 Å². The number of hydrogen-bond donors (Lipinski definition) is 1. The molecular formula is C12H23NO3. The second-order valence-corrected chi connectivity index (χ2v) is 3.89. The summed E-state index contributed by atoms with van der Waals surface area (Å²) in [5.41, 5.74) is 0. The molecule has 0 aromatic rings. The molecule has 0 saturated heterocycles. The molecule has 0 bridgehead atoms. The van der Waals surface area contributed by atoms with Crippen molar-refractivity contribution >= 4 is 11.8 Å². The topological polar surface area (TPSA) is 55.4 Å². The molecule has 0 amide bonds. The van der Waals surface area contributed by atoms with Crippen LogP contribution in [0.4, 0.5) is 0 Å². The van der Waals surface area contributed by atoms with Crippen molar-refractivity contribution in [1.82, 2.24) is 5.32 Å². The van der Waals surface area contributed by atoms with Crippen LogP contribution in [0, 0.1) is 0 Å². The van der Waals surface area contributed by atoms with Gasteiger partial charge in [0.05, 0.1) is 6.61 Å². The first-order valence-corrected chi connectivity index (χ1v) is 6.05. The number of Topliss-reactive ketones (excluding diaryl/α,β-unsaturated/α-hetero) is 1. The average Bonchev–Trinajstić information content (AvgIpc) is 2.26. The summed E-state index contributed by atoms with van der Waals surface area (Å²) in [6.45, 7) is 6.73. The summed E-state index contributed by atoms with van der Waals surface area (Å²) in [6.07, 6.45) is 3.67. The van der Waals surface area contributed by atoms with Gasteiger partial charge < -0.3 is 10.1 Å². The fraction of sp³-hybridized carbons (Fsp3) is 0.833. The molecule has 0 radical (unpaired) electrons. The molecule has 0 aliphatic heterocycles. The molecule has 4 heteroatoms. The van der Waals surface area contributed by atoms with Gasteiger partial charge in [-0.25, -0.2) is 4.79 Å². The molecular weight excluding hydrogens is 206 g/mol. The Morgan fingerprint density at radius 1 is 1.31 bits per heavy atom. The summed E-state index contributed by atoms with van der Waals surface area (Å²) < 4.78 is 4.61. The van der Waals surface area contributed by atoms with E-state index in [-0.39, 0.29) is 13.0 Å². The number of ketones is 1. The zero-order valence-corrected chi connectivity index (χ0v) is 10.5. The number of carbonyl (C=O) groups is 2. The fourth-order valence-electron chi connectivity index (χ4n) is 1.36. The van der Waals surface area contributed by atoms with Crippen molar-refractivity contribution in [1.29, 1.82) is 0 Å². The van der Waals surface area contributed by atoms with Crippen molar-refractivity contribution in [3.63, 3.8) is 0 Å². The van der Waals surface area contributed by atoms with Crippen molar-refractivity contribution in [2.75, 3.05) is 13.2 Å². The summed E-state index contributed by atoms with van der Waals surface area (Å²) >= 11 is 0. The van der Waals surface area contributed by atoms with Gasteiger partial charge >= 0.3 is 5.97 Å². The van der Waals surface area contributed by atoms with Crippen LogP contribution in [0.5, 0.6) is 0 Å². The highest BCUT2D eigenvalue weighted by Crippen LogP contribution is 1.99. The van der Waals surface area contributed by atoms with Crippen LogP contribution in [-0.2, 0) is 14.3 Å². The van der Waals surface area contributed by atoms with Crippen LogP contribution in [0.3, 0.4) is 0 Å². The maximum absolute atomic E-state index is 11.2. The average molecular weight is 229 g/mol. The number of hydrogen-bond acceptors (Lipinski definition) is 4. The first kappa shape index (κ1) is 15.1. The molecule has 1 unspecified atom stereocenters. The van der Waals surface area contributed by atoms with Gasteiger partial charge in [0, 0.05) is 19.0 Å². The van der Waals surface area contributed by atoms with E-state index in [1.807, 2.05) is 0 Å². The van der Waals surface area contributed by atoms with Crippen LogP contribution in [0.25, 0.3) is 0 Å². The van der Waals surface area contributed by atoms with Crippen LogP contribution >= 0.6 is 0 Å². The Labute approximate surface area is 97.7 Å². The van der Waals surface area contributed by atoms with E-state index < -0.39 is 11.8 Å². The number of unbranched alkanes of at least 4 members (excludes halogenated alkanes) is 1. The van der Waals surface area contributed by atoms with Gasteiger partial charge in [-0.2, -0.15) is 0 Å². The Balaban J connectivity index is 3.57. The maximum atomic E-state index is 11.2. The highest BCUT2D eigenvalue weighted by Gasteiger charge is 2.14. The van der Waals surface area contributed by atoms with E-state index in [0.29, 0.717) is 12.6 Å². The fourth-order valence-corrected chi connectivity index (χ4v) is 1.36. The van der Waals surface area contributed by atoms with Gasteiger partial charge in [-0.15, -0.1) is 0 Å². The lowest BCUT2D eigenvalue weighted by Crippen LogP contribution is -2.30. The van der Waals surface area contributed by atoms with Crippen LogP contribution in [0.1, 0.15) is 46.5 Å². The van der Waals surface area contributed by atoms with Gasteiger partial charge in [-0.3, -0.25) is 4.79 Å². The molecule has 94 valence electrons. The highest BCUT2D eigenvalue weighted by atomic mass is 16.5. The van der Waals surface area contributed by atoms with Crippen LogP contribution < -0.4 is 5.32 Å². The first-order valence-electron chi connectivity index (χ1n) is 6.05. The molecule has 0 aromatic carbocycles. The van der Waals surface area contributed by atoms with Crippen LogP contribution in [0.2, 0.25) is 0 Å². The molecule has 0 aliphatic rings. The van der Waals surface area contributed by atoms with E-state index in [9.17, 15) is 9.59 Å². The number of nitrogens with one attached hydrogen (secondary N) is 1. The molecule has 1 atom stereocenters. The molecule has 0 rings (SSSR count). The van der Waals surface area contributed by atoms with Gasteiger partial charge in [0.2, 0.25) is 5.78 Å². The summed E-state index contributed by atoms with van der Waals surface area (Å²) in [5, 5.41) is 3.22. The lowest BCUT2D eigenvalue weighted by Gasteiger charge is -2.12. The smallest absolute Gasteiger partial charge is 0.374 e. The largest absolute Gasteiger partial charge is 0.460 e. The lowest BCUT2D eigenvalue weighted by molar-refractivity contribution is -0.153. The second kappa shape index (κ2) is 9.33. The van der Waals surface area contributed by atoms with E-state index in [4.69, 9.17) is 0 Å². The van der Waals surface area contributed by atoms with Gasteiger partial charge in [-0.05, 0) is 20.3 Å². The Bertz CT molecular complexity index is 216. The molecule has 1 N–H and O–H groups in total. The predicted octanol–water partition coefficient (Wildman–Crippen LogP) is 1.68.